The number of carbonyl (C=O) groups excluding carboxylic acids is 1. The third-order valence-electron chi connectivity index (χ3n) is 6.26. The van der Waals surface area contributed by atoms with E-state index in [-0.39, 0.29) is 18.2 Å². The van der Waals surface area contributed by atoms with Crippen molar-refractivity contribution in [1.29, 1.82) is 5.26 Å². The normalized spacial score (nSPS) is 17.9. The molecule has 0 unspecified atom stereocenters. The maximum absolute atomic E-state index is 13.2. The molecule has 1 saturated heterocycles. The lowest BCUT2D eigenvalue weighted by atomic mass is 9.86. The molecule has 0 aliphatic carbocycles. The molecule has 0 bridgehead atoms. The summed E-state index contributed by atoms with van der Waals surface area (Å²) in [5, 5.41) is 10.9. The number of carbonyl (C=O) groups is 1. The third kappa shape index (κ3) is 4.40. The predicted octanol–water partition coefficient (Wildman–Crippen LogP) is 5.79. The van der Waals surface area contributed by atoms with Crippen molar-refractivity contribution < 1.29 is 9.53 Å². The first-order valence-electron chi connectivity index (χ1n) is 11.3. The summed E-state index contributed by atoms with van der Waals surface area (Å²) in [6, 6.07) is 28.4. The molecule has 170 valence electrons. The number of para-hydroxylation sites is 1. The maximum Gasteiger partial charge on any atom is 0.229 e. The molecule has 1 amide bonds. The number of amides is 1. The molecule has 6 heteroatoms. The van der Waals surface area contributed by atoms with Gasteiger partial charge in [0.1, 0.15) is 12.4 Å². The number of anilines is 1. The molecule has 1 atom stereocenters. The van der Waals surface area contributed by atoms with Gasteiger partial charge in [-0.05, 0) is 41.8 Å². The number of nitrogens with zero attached hydrogens (tertiary/aromatic N) is 3. The Kier molecular flexibility index (Phi) is 6.29. The zero-order valence-corrected chi connectivity index (χ0v) is 19.8. The highest BCUT2D eigenvalue weighted by atomic mass is 32.2. The van der Waals surface area contributed by atoms with Crippen LogP contribution in [0.4, 0.5) is 5.69 Å². The summed E-state index contributed by atoms with van der Waals surface area (Å²) in [7, 11) is 0. The Morgan fingerprint density at radius 1 is 1.06 bits per heavy atom. The van der Waals surface area contributed by atoms with E-state index in [4.69, 9.17) is 4.74 Å². The molecule has 0 saturated carbocycles. The first-order chi connectivity index (χ1) is 16.6. The summed E-state index contributed by atoms with van der Waals surface area (Å²) in [5.41, 5.74) is 4.98. The molecule has 1 fully saturated rings. The lowest BCUT2D eigenvalue weighted by Crippen LogP contribution is -2.47. The fourth-order valence-corrected chi connectivity index (χ4v) is 5.64. The average Bonchev–Trinajstić information content (AvgIpc) is 2.88. The highest BCUT2D eigenvalue weighted by molar-refractivity contribution is 8.03. The first-order valence-corrected chi connectivity index (χ1v) is 12.3. The van der Waals surface area contributed by atoms with Gasteiger partial charge in [-0.25, -0.2) is 0 Å². The fourth-order valence-electron chi connectivity index (χ4n) is 4.48. The number of rotatable bonds is 5. The van der Waals surface area contributed by atoms with Crippen LogP contribution in [0.1, 0.15) is 29.0 Å². The van der Waals surface area contributed by atoms with Gasteiger partial charge in [0.25, 0.3) is 0 Å². The van der Waals surface area contributed by atoms with Gasteiger partial charge >= 0.3 is 0 Å². The summed E-state index contributed by atoms with van der Waals surface area (Å²) in [4.78, 5) is 17.2. The minimum absolute atomic E-state index is 0.0420. The van der Waals surface area contributed by atoms with Crippen molar-refractivity contribution in [1.82, 2.24) is 4.90 Å². The molecule has 2 aliphatic heterocycles. The first kappa shape index (κ1) is 22.1. The summed E-state index contributed by atoms with van der Waals surface area (Å²) >= 11 is 1.56. The van der Waals surface area contributed by atoms with Crippen molar-refractivity contribution in [2.75, 3.05) is 17.4 Å². The van der Waals surface area contributed by atoms with Crippen LogP contribution in [-0.2, 0) is 11.4 Å². The minimum atomic E-state index is -0.262. The van der Waals surface area contributed by atoms with E-state index in [2.05, 4.69) is 30.0 Å². The Balaban J connectivity index is 1.39. The quantitative estimate of drug-likeness (QED) is 0.475. The van der Waals surface area contributed by atoms with Crippen LogP contribution < -0.4 is 9.64 Å². The molecular weight excluding hydrogens is 442 g/mol. The minimum Gasteiger partial charge on any atom is -0.489 e. The van der Waals surface area contributed by atoms with Gasteiger partial charge in [0.15, 0.2) is 0 Å². The zero-order chi connectivity index (χ0) is 23.5. The largest absolute Gasteiger partial charge is 0.489 e. The summed E-state index contributed by atoms with van der Waals surface area (Å²) in [5.74, 6) is 1.21. The van der Waals surface area contributed by atoms with E-state index in [1.807, 2.05) is 66.7 Å². The van der Waals surface area contributed by atoms with Crippen LogP contribution in [0.3, 0.4) is 0 Å². The van der Waals surface area contributed by atoms with E-state index >= 15 is 0 Å². The number of benzene rings is 3. The highest BCUT2D eigenvalue weighted by Gasteiger charge is 2.38. The summed E-state index contributed by atoms with van der Waals surface area (Å²) in [6.07, 6.45) is 0.275. The molecule has 3 aromatic rings. The number of hydrogen-bond acceptors (Lipinski definition) is 5. The standard InChI is InChI=1S/C28H25N3O2S/c1-20-8-5-6-13-26(20)30-18-31-27(32)15-24(25(16-29)28(31)34-19-30)22-11-7-12-23(14-22)33-17-21-9-3-2-4-10-21/h2-14,24H,15,17-19H2,1H3/t24-/m1/s1. The van der Waals surface area contributed by atoms with Crippen molar-refractivity contribution in [2.45, 2.75) is 25.9 Å². The average molecular weight is 468 g/mol. The maximum atomic E-state index is 13.2. The molecule has 0 aromatic heterocycles. The molecule has 0 N–H and O–H groups in total. The van der Waals surface area contributed by atoms with Gasteiger partial charge in [0.05, 0.1) is 29.2 Å². The van der Waals surface area contributed by atoms with E-state index in [1.165, 1.54) is 5.56 Å². The van der Waals surface area contributed by atoms with E-state index < -0.39 is 0 Å². The Morgan fingerprint density at radius 3 is 2.65 bits per heavy atom. The van der Waals surface area contributed by atoms with Crippen molar-refractivity contribution >= 4 is 23.4 Å². The Bertz CT molecular complexity index is 1280. The Labute approximate surface area is 204 Å². The van der Waals surface area contributed by atoms with Crippen LogP contribution in [0.5, 0.6) is 5.75 Å². The van der Waals surface area contributed by atoms with Crippen molar-refractivity contribution in [3.8, 4) is 11.8 Å². The van der Waals surface area contributed by atoms with Crippen molar-refractivity contribution in [2.24, 2.45) is 0 Å². The van der Waals surface area contributed by atoms with Gasteiger partial charge < -0.3 is 9.64 Å². The SMILES string of the molecule is Cc1ccccc1N1CSC2=C(C#N)[C@@H](c3cccc(OCc4ccccc4)c3)CC(=O)N2C1. The van der Waals surface area contributed by atoms with Crippen LogP contribution in [-0.4, -0.2) is 23.4 Å². The molecule has 5 nitrogen and oxygen atoms in total. The van der Waals surface area contributed by atoms with Gasteiger partial charge in [-0.15, -0.1) is 0 Å². The molecular formula is C28H25N3O2S. The van der Waals surface area contributed by atoms with Crippen LogP contribution in [0.25, 0.3) is 0 Å². The number of allylic oxidation sites excluding steroid dienone is 1. The Hall–Kier alpha value is -3.69. The number of fused-ring (bicyclic) bond motifs is 1. The van der Waals surface area contributed by atoms with Crippen LogP contribution in [0.2, 0.25) is 0 Å². The van der Waals surface area contributed by atoms with E-state index in [1.54, 1.807) is 16.7 Å². The van der Waals surface area contributed by atoms with E-state index in [0.717, 1.165) is 27.6 Å². The van der Waals surface area contributed by atoms with E-state index in [0.29, 0.717) is 24.7 Å². The third-order valence-corrected chi connectivity index (χ3v) is 7.41. The second-order valence-corrected chi connectivity index (χ2v) is 9.43. The number of aryl methyl sites for hydroxylation is 1. The zero-order valence-electron chi connectivity index (χ0n) is 19.0. The van der Waals surface area contributed by atoms with Gasteiger partial charge in [0, 0.05) is 18.0 Å². The summed E-state index contributed by atoms with van der Waals surface area (Å²) in [6.45, 7) is 3.01. The van der Waals surface area contributed by atoms with Gasteiger partial charge in [-0.1, -0.05) is 72.4 Å². The predicted molar refractivity (Wildman–Crippen MR) is 135 cm³/mol. The number of nitriles is 1. The van der Waals surface area contributed by atoms with Crippen molar-refractivity contribution in [3.05, 3.63) is 106 Å². The number of ether oxygens (including phenoxy) is 1. The highest BCUT2D eigenvalue weighted by Crippen LogP contribution is 2.44. The van der Waals surface area contributed by atoms with Gasteiger partial charge in [-0.2, -0.15) is 5.26 Å². The second kappa shape index (κ2) is 9.66. The van der Waals surface area contributed by atoms with Gasteiger partial charge in [0.2, 0.25) is 5.91 Å². The lowest BCUT2D eigenvalue weighted by Gasteiger charge is -2.42. The Morgan fingerprint density at radius 2 is 1.85 bits per heavy atom. The molecule has 5 rings (SSSR count). The molecule has 2 aliphatic rings. The summed E-state index contributed by atoms with van der Waals surface area (Å²) < 4.78 is 5.99. The molecule has 3 aromatic carbocycles. The second-order valence-electron chi connectivity index (χ2n) is 8.50. The van der Waals surface area contributed by atoms with Gasteiger partial charge in [-0.3, -0.25) is 9.69 Å². The van der Waals surface area contributed by atoms with Crippen LogP contribution >= 0.6 is 11.8 Å². The topological polar surface area (TPSA) is 56.6 Å². The smallest absolute Gasteiger partial charge is 0.229 e. The number of thioether (sulfide) groups is 1. The van der Waals surface area contributed by atoms with Crippen LogP contribution in [0.15, 0.2) is 89.5 Å². The van der Waals surface area contributed by atoms with Crippen molar-refractivity contribution in [3.63, 3.8) is 0 Å². The molecule has 2 heterocycles. The van der Waals surface area contributed by atoms with Crippen LogP contribution in [0, 0.1) is 18.3 Å². The lowest BCUT2D eigenvalue weighted by molar-refractivity contribution is -0.129. The number of hydrogen-bond donors (Lipinski definition) is 0. The molecule has 0 spiro atoms. The molecule has 0 radical (unpaired) electrons. The van der Waals surface area contributed by atoms with E-state index in [9.17, 15) is 10.1 Å². The fraction of sp³-hybridized carbons (Fsp3) is 0.214. The monoisotopic (exact) mass is 467 g/mol. The molecule has 34 heavy (non-hydrogen) atoms.